The van der Waals surface area contributed by atoms with Gasteiger partial charge in [-0.25, -0.2) is 9.37 Å². The van der Waals surface area contributed by atoms with E-state index in [1.165, 1.54) is 25.1 Å². The number of anilines is 3. The van der Waals surface area contributed by atoms with Gasteiger partial charge in [0.05, 0.1) is 22.8 Å². The normalized spacial score (nSPS) is 12.3. The molecule has 2 aromatic heterocycles. The molecule has 5 N–H and O–H groups in total. The monoisotopic (exact) mass is 484 g/mol. The fourth-order valence-corrected chi connectivity index (χ4v) is 3.55. The van der Waals surface area contributed by atoms with Gasteiger partial charge >= 0.3 is 6.18 Å². The molecule has 1 atom stereocenters. The average Bonchev–Trinajstić information content (AvgIpc) is 2.78. The summed E-state index contributed by atoms with van der Waals surface area (Å²) < 4.78 is 55.5. The molecule has 0 bridgehead atoms. The van der Waals surface area contributed by atoms with Crippen LogP contribution in [-0.4, -0.2) is 19.5 Å². The summed E-state index contributed by atoms with van der Waals surface area (Å²) in [6, 6.07) is 8.68. The molecule has 0 radical (unpaired) electrons. The minimum atomic E-state index is -4.68. The molecular weight excluding hydrogens is 468 g/mol. The Balaban J connectivity index is 1.97. The Morgan fingerprint density at radius 2 is 1.83 bits per heavy atom. The van der Waals surface area contributed by atoms with E-state index >= 15 is 0 Å². The fraction of sp³-hybridized carbons (Fsp3) is 0.136. The smallest absolute Gasteiger partial charge is 0.382 e. The number of hydrogen-bond donors (Lipinski definition) is 3. The van der Waals surface area contributed by atoms with Gasteiger partial charge in [0.1, 0.15) is 34.5 Å². The molecule has 0 aliphatic carbocycles. The number of hydrogen-bond acceptors (Lipinski definition) is 8. The lowest BCUT2D eigenvalue weighted by molar-refractivity contribution is -0.137. The number of aromatic nitrogens is 4. The van der Waals surface area contributed by atoms with Crippen LogP contribution in [0.4, 0.5) is 35.1 Å². The van der Waals surface area contributed by atoms with Gasteiger partial charge in [0.15, 0.2) is 5.82 Å². The van der Waals surface area contributed by atoms with Crippen molar-refractivity contribution >= 4 is 28.5 Å². The Bertz CT molecular complexity index is 1560. The van der Waals surface area contributed by atoms with Crippen molar-refractivity contribution in [2.75, 3.05) is 16.8 Å². The van der Waals surface area contributed by atoms with Gasteiger partial charge in [0.2, 0.25) is 5.95 Å². The third-order valence-electron chi connectivity index (χ3n) is 5.11. The van der Waals surface area contributed by atoms with Crippen molar-refractivity contribution < 1.29 is 17.6 Å². The summed E-state index contributed by atoms with van der Waals surface area (Å²) in [7, 11) is 0. The van der Waals surface area contributed by atoms with Crippen LogP contribution in [0.2, 0.25) is 0 Å². The molecule has 0 saturated carbocycles. The topological polar surface area (TPSA) is 149 Å². The highest BCUT2D eigenvalue weighted by Crippen LogP contribution is 2.31. The predicted octanol–water partition coefficient (Wildman–Crippen LogP) is 3.54. The molecule has 9 nitrogen and oxygen atoms in total. The molecule has 0 aliphatic heterocycles. The van der Waals surface area contributed by atoms with Crippen molar-refractivity contribution in [1.82, 2.24) is 19.5 Å². The summed E-state index contributed by atoms with van der Waals surface area (Å²) in [4.78, 5) is 25.4. The Morgan fingerprint density at radius 1 is 1.11 bits per heavy atom. The maximum atomic E-state index is 14.5. The molecule has 178 valence electrons. The van der Waals surface area contributed by atoms with Crippen LogP contribution >= 0.6 is 0 Å². The first-order valence-corrected chi connectivity index (χ1v) is 9.99. The molecule has 0 aliphatic rings. The summed E-state index contributed by atoms with van der Waals surface area (Å²) in [5.74, 6) is -1.46. The maximum Gasteiger partial charge on any atom is 0.416 e. The van der Waals surface area contributed by atoms with Gasteiger partial charge in [0.25, 0.3) is 5.56 Å². The van der Waals surface area contributed by atoms with Crippen LogP contribution in [0.15, 0.2) is 47.3 Å². The maximum absolute atomic E-state index is 14.5. The van der Waals surface area contributed by atoms with Crippen LogP contribution in [0, 0.1) is 17.1 Å². The third-order valence-corrected chi connectivity index (χ3v) is 5.11. The van der Waals surface area contributed by atoms with E-state index in [-0.39, 0.29) is 40.2 Å². The van der Waals surface area contributed by atoms with E-state index in [9.17, 15) is 27.6 Å². The molecule has 0 spiro atoms. The highest BCUT2D eigenvalue weighted by Gasteiger charge is 2.31. The highest BCUT2D eigenvalue weighted by molar-refractivity contribution is 5.79. The summed E-state index contributed by atoms with van der Waals surface area (Å²) >= 11 is 0. The van der Waals surface area contributed by atoms with E-state index in [1.807, 2.05) is 6.07 Å². The molecule has 2 heterocycles. The first-order valence-electron chi connectivity index (χ1n) is 9.99. The lowest BCUT2D eigenvalue weighted by Crippen LogP contribution is -2.28. The van der Waals surface area contributed by atoms with Gasteiger partial charge in [-0.15, -0.1) is 0 Å². The van der Waals surface area contributed by atoms with E-state index in [0.717, 1.165) is 28.8 Å². The van der Waals surface area contributed by atoms with Gasteiger partial charge < -0.3 is 16.8 Å². The molecule has 13 heteroatoms. The lowest BCUT2D eigenvalue weighted by atomic mass is 10.1. The quantitative estimate of drug-likeness (QED) is 0.373. The fourth-order valence-electron chi connectivity index (χ4n) is 3.55. The van der Waals surface area contributed by atoms with Crippen LogP contribution in [0.3, 0.4) is 0 Å². The van der Waals surface area contributed by atoms with E-state index in [1.54, 1.807) is 0 Å². The van der Waals surface area contributed by atoms with Crippen LogP contribution in [0.5, 0.6) is 0 Å². The number of fused-ring (bicyclic) bond motifs is 1. The Kier molecular flexibility index (Phi) is 5.73. The zero-order valence-electron chi connectivity index (χ0n) is 17.9. The summed E-state index contributed by atoms with van der Waals surface area (Å²) in [6.45, 7) is 1.52. The summed E-state index contributed by atoms with van der Waals surface area (Å²) in [5, 5.41) is 11.9. The van der Waals surface area contributed by atoms with Crippen molar-refractivity contribution in [3.63, 3.8) is 0 Å². The minimum absolute atomic E-state index is 0.0101. The first-order chi connectivity index (χ1) is 16.5. The number of halogens is 4. The van der Waals surface area contributed by atoms with Gasteiger partial charge in [-0.3, -0.25) is 9.36 Å². The molecule has 0 amide bonds. The number of nitriles is 1. The minimum Gasteiger partial charge on any atom is -0.382 e. The number of nitrogens with two attached hydrogens (primary N) is 2. The molecule has 0 fully saturated rings. The second-order valence-corrected chi connectivity index (χ2v) is 7.46. The molecule has 4 aromatic rings. The highest BCUT2D eigenvalue weighted by atomic mass is 19.4. The number of nitrogen functional groups attached to an aromatic ring is 2. The van der Waals surface area contributed by atoms with E-state index < -0.39 is 34.5 Å². The Morgan fingerprint density at radius 3 is 2.51 bits per heavy atom. The molecular formula is C22H16F4N8O. The van der Waals surface area contributed by atoms with Gasteiger partial charge in [0, 0.05) is 0 Å². The molecule has 4 rings (SSSR count). The van der Waals surface area contributed by atoms with Crippen molar-refractivity contribution in [2.24, 2.45) is 0 Å². The first kappa shape index (κ1) is 23.4. The SMILES string of the molecule is CC(Nc1nc(N)nc(N)c1C#N)c1nc2cccc(F)c2c(=O)n1-c1cccc(C(F)(F)F)c1. The summed E-state index contributed by atoms with van der Waals surface area (Å²) in [5.41, 5.74) is 9.09. The number of nitrogens with one attached hydrogen (secondary N) is 1. The van der Waals surface area contributed by atoms with Crippen LogP contribution in [-0.2, 0) is 6.18 Å². The van der Waals surface area contributed by atoms with E-state index in [0.29, 0.717) is 0 Å². The molecule has 0 saturated heterocycles. The van der Waals surface area contributed by atoms with Crippen LogP contribution in [0.1, 0.15) is 29.9 Å². The summed E-state index contributed by atoms with van der Waals surface area (Å²) in [6.07, 6.45) is -4.68. The van der Waals surface area contributed by atoms with Crippen molar-refractivity contribution in [3.05, 3.63) is 75.6 Å². The van der Waals surface area contributed by atoms with Crippen molar-refractivity contribution in [1.29, 1.82) is 5.26 Å². The molecule has 1 unspecified atom stereocenters. The molecule has 2 aromatic carbocycles. The second kappa shape index (κ2) is 8.56. The largest absolute Gasteiger partial charge is 0.416 e. The van der Waals surface area contributed by atoms with Gasteiger partial charge in [-0.1, -0.05) is 12.1 Å². The third kappa shape index (κ3) is 4.29. The number of rotatable bonds is 4. The van der Waals surface area contributed by atoms with E-state index in [4.69, 9.17) is 11.5 Å². The van der Waals surface area contributed by atoms with Crippen LogP contribution < -0.4 is 22.3 Å². The number of benzene rings is 2. The zero-order chi connectivity index (χ0) is 25.5. The van der Waals surface area contributed by atoms with Crippen molar-refractivity contribution in [2.45, 2.75) is 19.1 Å². The zero-order valence-corrected chi connectivity index (χ0v) is 17.9. The number of nitrogens with zero attached hydrogens (tertiary/aromatic N) is 5. The number of alkyl halides is 3. The van der Waals surface area contributed by atoms with Gasteiger partial charge in [-0.05, 0) is 37.3 Å². The molecule has 35 heavy (non-hydrogen) atoms. The predicted molar refractivity (Wildman–Crippen MR) is 120 cm³/mol. The standard InChI is InChI=1S/C22H16F4N8O/c1-10(30-18-13(9-27)17(28)32-21(29)33-18)19-31-15-7-3-6-14(23)16(15)20(35)34(19)12-5-2-4-11(8-12)22(24,25)26/h2-8,10H,1H3,(H5,28,29,30,32,33). The lowest BCUT2D eigenvalue weighted by Gasteiger charge is -2.21. The van der Waals surface area contributed by atoms with Crippen molar-refractivity contribution in [3.8, 4) is 11.8 Å². The second-order valence-electron chi connectivity index (χ2n) is 7.46. The average molecular weight is 484 g/mol. The van der Waals surface area contributed by atoms with E-state index in [2.05, 4.69) is 20.3 Å². The Hall–Kier alpha value is -4.73. The van der Waals surface area contributed by atoms with Gasteiger partial charge in [-0.2, -0.15) is 28.4 Å². The Labute approximate surface area is 194 Å². The van der Waals surface area contributed by atoms with Crippen LogP contribution in [0.25, 0.3) is 16.6 Å².